The Morgan fingerprint density at radius 3 is 2.78 bits per heavy atom. The molecule has 0 spiro atoms. The van der Waals surface area contributed by atoms with E-state index in [0.717, 1.165) is 24.3 Å². The summed E-state index contributed by atoms with van der Waals surface area (Å²) >= 11 is 0. The van der Waals surface area contributed by atoms with E-state index in [0.29, 0.717) is 18.3 Å². The lowest BCUT2D eigenvalue weighted by atomic mass is 9.93. The number of benzene rings is 1. The molecule has 0 radical (unpaired) electrons. The molecule has 3 heterocycles. The van der Waals surface area contributed by atoms with Crippen molar-refractivity contribution in [1.82, 2.24) is 20.6 Å². The molecule has 0 aliphatic carbocycles. The molecule has 1 aromatic heterocycles. The van der Waals surface area contributed by atoms with Crippen molar-refractivity contribution in [3.8, 4) is 11.5 Å². The van der Waals surface area contributed by atoms with Crippen molar-refractivity contribution in [3.05, 3.63) is 47.1 Å². The van der Waals surface area contributed by atoms with Crippen LogP contribution in [0.1, 0.15) is 50.8 Å². The highest BCUT2D eigenvalue weighted by Gasteiger charge is 2.30. The summed E-state index contributed by atoms with van der Waals surface area (Å²) in [5.41, 5.74) is 6.13. The molecule has 0 saturated heterocycles. The first kappa shape index (κ1) is 17.7. The van der Waals surface area contributed by atoms with Gasteiger partial charge in [0.2, 0.25) is 17.7 Å². The first-order valence-corrected chi connectivity index (χ1v) is 9.17. The van der Waals surface area contributed by atoms with E-state index >= 15 is 0 Å². The Hall–Kier alpha value is -2.67. The van der Waals surface area contributed by atoms with Gasteiger partial charge in [-0.2, -0.15) is 0 Å². The number of amides is 1. The summed E-state index contributed by atoms with van der Waals surface area (Å²) in [4.78, 5) is 19.0. The maximum Gasteiger partial charge on any atom is 0.247 e. The Bertz CT molecular complexity index is 910. The number of fused-ring (bicyclic) bond motifs is 1. The van der Waals surface area contributed by atoms with Crippen molar-refractivity contribution in [3.63, 3.8) is 0 Å². The summed E-state index contributed by atoms with van der Waals surface area (Å²) in [5, 5.41) is 8.39. The number of rotatable bonds is 2. The van der Waals surface area contributed by atoms with E-state index in [1.165, 1.54) is 11.1 Å². The molecule has 1 amide bonds. The third-order valence-electron chi connectivity index (χ3n) is 4.97. The van der Waals surface area contributed by atoms with E-state index in [1.807, 2.05) is 23.1 Å². The standard InChI is InChI=1S/C20H24N4O3/c1-12(25)24-8-7-13-9-14(5-6-15(13)11-24)18-21-22-19(26-18)16-10-17(27-23-16)20(2,3)4/h5-6,9-10,16,23H,7-8,11H2,1-4H3. The van der Waals surface area contributed by atoms with Crippen LogP contribution in [0.5, 0.6) is 0 Å². The summed E-state index contributed by atoms with van der Waals surface area (Å²) < 4.78 is 5.89. The number of nitrogens with one attached hydrogen (secondary N) is 1. The molecule has 7 nitrogen and oxygen atoms in total. The molecule has 7 heteroatoms. The van der Waals surface area contributed by atoms with E-state index in [2.05, 4.69) is 42.5 Å². The predicted octanol–water partition coefficient (Wildman–Crippen LogP) is 3.15. The maximum absolute atomic E-state index is 11.6. The van der Waals surface area contributed by atoms with Crippen LogP contribution in [-0.2, 0) is 22.6 Å². The summed E-state index contributed by atoms with van der Waals surface area (Å²) in [7, 11) is 0. The van der Waals surface area contributed by atoms with Crippen LogP contribution in [0.15, 0.2) is 34.5 Å². The minimum atomic E-state index is -0.248. The second-order valence-electron chi connectivity index (χ2n) is 8.10. The second-order valence-corrected chi connectivity index (χ2v) is 8.10. The van der Waals surface area contributed by atoms with Crippen molar-refractivity contribution in [2.45, 2.75) is 46.7 Å². The zero-order valence-electron chi connectivity index (χ0n) is 16.1. The molecule has 0 bridgehead atoms. The minimum Gasteiger partial charge on any atom is -0.418 e. The Morgan fingerprint density at radius 1 is 1.26 bits per heavy atom. The van der Waals surface area contributed by atoms with E-state index in [1.54, 1.807) is 6.92 Å². The molecule has 2 aliphatic rings. The van der Waals surface area contributed by atoms with Crippen LogP contribution in [0, 0.1) is 5.41 Å². The Balaban J connectivity index is 1.55. The van der Waals surface area contributed by atoms with Gasteiger partial charge in [0.1, 0.15) is 11.8 Å². The van der Waals surface area contributed by atoms with Crippen LogP contribution in [0.3, 0.4) is 0 Å². The number of aromatic nitrogens is 2. The molecule has 4 rings (SSSR count). The Kier molecular flexibility index (Phi) is 4.26. The Morgan fingerprint density at radius 2 is 2.07 bits per heavy atom. The van der Waals surface area contributed by atoms with E-state index in [-0.39, 0.29) is 17.4 Å². The largest absolute Gasteiger partial charge is 0.418 e. The van der Waals surface area contributed by atoms with Gasteiger partial charge in [0.05, 0.1) is 0 Å². The fourth-order valence-electron chi connectivity index (χ4n) is 3.30. The van der Waals surface area contributed by atoms with E-state index in [4.69, 9.17) is 9.25 Å². The lowest BCUT2D eigenvalue weighted by molar-refractivity contribution is -0.129. The van der Waals surface area contributed by atoms with Crippen LogP contribution in [0.4, 0.5) is 0 Å². The fourth-order valence-corrected chi connectivity index (χ4v) is 3.30. The molecule has 0 saturated carbocycles. The van der Waals surface area contributed by atoms with Crippen molar-refractivity contribution >= 4 is 5.91 Å². The molecular weight excluding hydrogens is 344 g/mol. The predicted molar refractivity (Wildman–Crippen MR) is 99.0 cm³/mol. The van der Waals surface area contributed by atoms with Gasteiger partial charge in [-0.1, -0.05) is 26.8 Å². The lowest BCUT2D eigenvalue weighted by Crippen LogP contribution is -2.34. The third-order valence-corrected chi connectivity index (χ3v) is 4.97. The molecule has 1 aromatic carbocycles. The molecule has 0 fully saturated rings. The molecule has 27 heavy (non-hydrogen) atoms. The summed E-state index contributed by atoms with van der Waals surface area (Å²) in [6.07, 6.45) is 2.81. The van der Waals surface area contributed by atoms with Crippen LogP contribution in [0.25, 0.3) is 11.5 Å². The SMILES string of the molecule is CC(=O)N1CCc2cc(-c3nnc(C4C=C(C(C)(C)C)ON4)o3)ccc2C1. The van der Waals surface area contributed by atoms with Gasteiger partial charge in [0, 0.05) is 31.0 Å². The molecule has 1 N–H and O–H groups in total. The van der Waals surface area contributed by atoms with Crippen LogP contribution in [-0.4, -0.2) is 27.5 Å². The molecule has 2 aliphatic heterocycles. The van der Waals surface area contributed by atoms with Gasteiger partial charge in [0.15, 0.2) is 0 Å². The van der Waals surface area contributed by atoms with Gasteiger partial charge in [-0.15, -0.1) is 15.7 Å². The van der Waals surface area contributed by atoms with E-state index < -0.39 is 0 Å². The quantitative estimate of drug-likeness (QED) is 0.877. The summed E-state index contributed by atoms with van der Waals surface area (Å²) in [6, 6.07) is 5.84. The highest BCUT2D eigenvalue weighted by molar-refractivity contribution is 5.73. The number of hydrogen-bond acceptors (Lipinski definition) is 6. The highest BCUT2D eigenvalue weighted by Crippen LogP contribution is 2.34. The second kappa shape index (κ2) is 6.49. The third kappa shape index (κ3) is 3.47. The summed E-state index contributed by atoms with van der Waals surface area (Å²) in [5.74, 6) is 1.93. The number of carbonyl (C=O) groups is 1. The number of hydroxylamine groups is 1. The van der Waals surface area contributed by atoms with Gasteiger partial charge < -0.3 is 14.2 Å². The van der Waals surface area contributed by atoms with Crippen LogP contribution in [0.2, 0.25) is 0 Å². The maximum atomic E-state index is 11.6. The monoisotopic (exact) mass is 368 g/mol. The zero-order chi connectivity index (χ0) is 19.2. The number of carbonyl (C=O) groups excluding carboxylic acids is 1. The first-order chi connectivity index (χ1) is 12.8. The van der Waals surface area contributed by atoms with Gasteiger partial charge in [-0.3, -0.25) is 4.79 Å². The normalized spacial score (nSPS) is 19.5. The summed E-state index contributed by atoms with van der Waals surface area (Å²) in [6.45, 7) is 9.27. The molecule has 142 valence electrons. The lowest BCUT2D eigenvalue weighted by Gasteiger charge is -2.28. The van der Waals surface area contributed by atoms with Crippen LogP contribution < -0.4 is 5.48 Å². The molecular formula is C20H24N4O3. The Labute approximate surface area is 158 Å². The van der Waals surface area contributed by atoms with Crippen molar-refractivity contribution < 1.29 is 14.0 Å². The smallest absolute Gasteiger partial charge is 0.247 e. The molecule has 2 aromatic rings. The number of allylic oxidation sites excluding steroid dienone is 1. The van der Waals surface area contributed by atoms with E-state index in [9.17, 15) is 4.79 Å². The van der Waals surface area contributed by atoms with Gasteiger partial charge >= 0.3 is 0 Å². The molecule has 1 unspecified atom stereocenters. The first-order valence-electron chi connectivity index (χ1n) is 9.17. The van der Waals surface area contributed by atoms with Crippen molar-refractivity contribution in [1.29, 1.82) is 0 Å². The van der Waals surface area contributed by atoms with Crippen molar-refractivity contribution in [2.75, 3.05) is 6.54 Å². The van der Waals surface area contributed by atoms with Crippen molar-refractivity contribution in [2.24, 2.45) is 5.41 Å². The fraction of sp³-hybridized carbons (Fsp3) is 0.450. The minimum absolute atomic E-state index is 0.0865. The average Bonchev–Trinajstić information content (AvgIpc) is 3.29. The average molecular weight is 368 g/mol. The number of hydrogen-bond donors (Lipinski definition) is 1. The number of nitrogens with zero attached hydrogens (tertiary/aromatic N) is 3. The topological polar surface area (TPSA) is 80.5 Å². The highest BCUT2D eigenvalue weighted by atomic mass is 16.7. The van der Waals surface area contributed by atoms with Crippen LogP contribution >= 0.6 is 0 Å². The molecule has 1 atom stereocenters. The van der Waals surface area contributed by atoms with Gasteiger partial charge in [0.25, 0.3) is 0 Å². The van der Waals surface area contributed by atoms with Gasteiger partial charge in [-0.25, -0.2) is 0 Å². The van der Waals surface area contributed by atoms with Gasteiger partial charge in [-0.05, 0) is 35.8 Å². The zero-order valence-corrected chi connectivity index (χ0v) is 16.1.